The number of ether oxygens (including phenoxy) is 1. The molecule has 2 fully saturated rings. The molecular formula is C19H27N3O5S. The monoisotopic (exact) mass is 409 g/mol. The Morgan fingerprint density at radius 3 is 2.54 bits per heavy atom. The Kier molecular flexibility index (Phi) is 6.69. The minimum Gasteiger partial charge on any atom is -0.379 e. The molecule has 0 aromatic heterocycles. The maximum absolute atomic E-state index is 12.6. The first-order valence-corrected chi connectivity index (χ1v) is 11.1. The average molecular weight is 410 g/mol. The molecule has 0 saturated carbocycles. The van der Waals surface area contributed by atoms with E-state index >= 15 is 0 Å². The molecule has 2 saturated heterocycles. The van der Waals surface area contributed by atoms with E-state index in [-0.39, 0.29) is 29.0 Å². The second-order valence-electron chi connectivity index (χ2n) is 7.12. The quantitative estimate of drug-likeness (QED) is 0.732. The zero-order valence-corrected chi connectivity index (χ0v) is 16.9. The molecule has 0 spiro atoms. The molecule has 0 bridgehead atoms. The first kappa shape index (κ1) is 20.8. The number of rotatable bonds is 7. The Balaban J connectivity index is 1.60. The molecule has 0 radical (unpaired) electrons. The van der Waals surface area contributed by atoms with Crippen molar-refractivity contribution in [3.63, 3.8) is 0 Å². The number of hydrogen-bond acceptors (Lipinski definition) is 5. The van der Waals surface area contributed by atoms with Crippen molar-refractivity contribution in [1.29, 1.82) is 0 Å². The fraction of sp³-hybridized carbons (Fsp3) is 0.579. The Labute approximate surface area is 165 Å². The zero-order chi connectivity index (χ0) is 20.1. The van der Waals surface area contributed by atoms with E-state index in [1.54, 1.807) is 17.0 Å². The van der Waals surface area contributed by atoms with Crippen LogP contribution < -0.4 is 5.32 Å². The third-order valence-corrected chi connectivity index (χ3v) is 7.01. The number of morpholine rings is 1. The zero-order valence-electron chi connectivity index (χ0n) is 16.1. The molecule has 2 aliphatic rings. The highest BCUT2D eigenvalue weighted by Gasteiger charge is 2.34. The largest absolute Gasteiger partial charge is 0.379 e. The van der Waals surface area contributed by atoms with Gasteiger partial charge in [-0.1, -0.05) is 13.3 Å². The molecule has 1 aromatic rings. The van der Waals surface area contributed by atoms with Crippen LogP contribution in [0.1, 0.15) is 26.2 Å². The number of anilines is 1. The third-order valence-electron chi connectivity index (χ3n) is 5.10. The van der Waals surface area contributed by atoms with Crippen LogP contribution in [-0.2, 0) is 24.3 Å². The maximum atomic E-state index is 12.6. The minimum absolute atomic E-state index is 0.0144. The Bertz CT molecular complexity index is 803. The molecule has 0 aliphatic carbocycles. The van der Waals surface area contributed by atoms with Crippen LogP contribution in [-0.4, -0.2) is 68.8 Å². The first-order valence-electron chi connectivity index (χ1n) is 9.68. The van der Waals surface area contributed by atoms with Crippen LogP contribution in [0.4, 0.5) is 5.69 Å². The molecule has 0 unspecified atom stereocenters. The van der Waals surface area contributed by atoms with Crippen LogP contribution in [0.3, 0.4) is 0 Å². The predicted molar refractivity (Wildman–Crippen MR) is 104 cm³/mol. The van der Waals surface area contributed by atoms with Gasteiger partial charge in [-0.25, -0.2) is 8.42 Å². The van der Waals surface area contributed by atoms with E-state index in [1.165, 1.54) is 16.4 Å². The number of nitrogens with one attached hydrogen (secondary N) is 1. The van der Waals surface area contributed by atoms with Gasteiger partial charge in [0.05, 0.1) is 24.0 Å². The molecule has 1 N–H and O–H groups in total. The maximum Gasteiger partial charge on any atom is 0.243 e. The lowest BCUT2D eigenvalue weighted by Gasteiger charge is -2.26. The number of carbonyl (C=O) groups is 2. The van der Waals surface area contributed by atoms with Gasteiger partial charge in [-0.05, 0) is 30.7 Å². The Morgan fingerprint density at radius 1 is 1.21 bits per heavy atom. The van der Waals surface area contributed by atoms with Gasteiger partial charge < -0.3 is 15.0 Å². The van der Waals surface area contributed by atoms with Gasteiger partial charge in [0.1, 0.15) is 0 Å². The van der Waals surface area contributed by atoms with E-state index in [2.05, 4.69) is 12.2 Å². The van der Waals surface area contributed by atoms with Crippen molar-refractivity contribution in [3.05, 3.63) is 24.3 Å². The lowest BCUT2D eigenvalue weighted by Crippen LogP contribution is -2.40. The van der Waals surface area contributed by atoms with Gasteiger partial charge in [-0.2, -0.15) is 4.31 Å². The summed E-state index contributed by atoms with van der Waals surface area (Å²) in [4.78, 5) is 26.4. The number of likely N-dealkylation sites (tertiary alicyclic amines) is 1. The summed E-state index contributed by atoms with van der Waals surface area (Å²) in [5.74, 6) is -0.571. The minimum atomic E-state index is -3.56. The fourth-order valence-electron chi connectivity index (χ4n) is 3.40. The number of hydrogen-bond donors (Lipinski definition) is 1. The lowest BCUT2D eigenvalue weighted by molar-refractivity contribution is -0.128. The van der Waals surface area contributed by atoms with E-state index in [9.17, 15) is 18.0 Å². The van der Waals surface area contributed by atoms with Crippen molar-refractivity contribution in [3.8, 4) is 0 Å². The summed E-state index contributed by atoms with van der Waals surface area (Å²) in [5.41, 5.74) is 0.519. The van der Waals surface area contributed by atoms with Crippen LogP contribution in [0.5, 0.6) is 0 Å². The summed E-state index contributed by atoms with van der Waals surface area (Å²) < 4.78 is 31.9. The highest BCUT2D eigenvalue weighted by Crippen LogP contribution is 2.22. The summed E-state index contributed by atoms with van der Waals surface area (Å²) in [6, 6.07) is 6.15. The Morgan fingerprint density at radius 2 is 1.89 bits per heavy atom. The van der Waals surface area contributed by atoms with Crippen molar-refractivity contribution in [2.75, 3.05) is 44.7 Å². The van der Waals surface area contributed by atoms with Crippen LogP contribution >= 0.6 is 0 Å². The molecule has 28 heavy (non-hydrogen) atoms. The van der Waals surface area contributed by atoms with E-state index in [4.69, 9.17) is 4.74 Å². The third kappa shape index (κ3) is 4.71. The average Bonchev–Trinajstić information content (AvgIpc) is 3.08. The lowest BCUT2D eigenvalue weighted by atomic mass is 10.1. The first-order chi connectivity index (χ1) is 13.4. The summed E-state index contributed by atoms with van der Waals surface area (Å²) in [6.45, 7) is 4.65. The summed E-state index contributed by atoms with van der Waals surface area (Å²) in [7, 11) is -3.56. The fourth-order valence-corrected chi connectivity index (χ4v) is 4.81. The number of unbranched alkanes of at least 4 members (excludes halogenated alkanes) is 1. The molecule has 3 rings (SSSR count). The number of nitrogens with zero attached hydrogens (tertiary/aromatic N) is 2. The van der Waals surface area contributed by atoms with Crippen molar-refractivity contribution in [1.82, 2.24) is 9.21 Å². The molecule has 2 amide bonds. The molecule has 2 aliphatic heterocycles. The Hall–Kier alpha value is -1.97. The van der Waals surface area contributed by atoms with Gasteiger partial charge in [-0.3, -0.25) is 9.59 Å². The molecule has 1 atom stereocenters. The van der Waals surface area contributed by atoms with Crippen LogP contribution in [0.25, 0.3) is 0 Å². The normalized spacial score (nSPS) is 21.1. The van der Waals surface area contributed by atoms with Crippen LogP contribution in [0.15, 0.2) is 29.2 Å². The molecular weight excluding hydrogens is 382 g/mol. The highest BCUT2D eigenvalue weighted by molar-refractivity contribution is 7.89. The van der Waals surface area contributed by atoms with Gasteiger partial charge in [0.25, 0.3) is 0 Å². The smallest absolute Gasteiger partial charge is 0.243 e. The SMILES string of the molecule is CCCCN1C[C@H](C(=O)Nc2ccc(S(=O)(=O)N3CCOCC3)cc2)CC1=O. The van der Waals surface area contributed by atoms with E-state index in [0.717, 1.165) is 12.8 Å². The van der Waals surface area contributed by atoms with Gasteiger partial charge in [0, 0.05) is 38.3 Å². The number of benzene rings is 1. The van der Waals surface area contributed by atoms with Gasteiger partial charge in [0.2, 0.25) is 21.8 Å². The van der Waals surface area contributed by atoms with Gasteiger partial charge in [0.15, 0.2) is 0 Å². The number of carbonyl (C=O) groups excluding carboxylic acids is 2. The van der Waals surface area contributed by atoms with E-state index in [1.807, 2.05) is 0 Å². The van der Waals surface area contributed by atoms with Crippen molar-refractivity contribution in [2.24, 2.45) is 5.92 Å². The van der Waals surface area contributed by atoms with Crippen LogP contribution in [0.2, 0.25) is 0 Å². The molecule has 2 heterocycles. The number of amides is 2. The summed E-state index contributed by atoms with van der Waals surface area (Å²) in [6.07, 6.45) is 2.15. The second kappa shape index (κ2) is 9.02. The van der Waals surface area contributed by atoms with Gasteiger partial charge in [-0.15, -0.1) is 0 Å². The number of sulfonamides is 1. The predicted octanol–water partition coefficient (Wildman–Crippen LogP) is 1.29. The topological polar surface area (TPSA) is 96.0 Å². The van der Waals surface area contributed by atoms with E-state index in [0.29, 0.717) is 45.1 Å². The molecule has 1 aromatic carbocycles. The van der Waals surface area contributed by atoms with Crippen molar-refractivity contribution in [2.45, 2.75) is 31.1 Å². The summed E-state index contributed by atoms with van der Waals surface area (Å²) >= 11 is 0. The van der Waals surface area contributed by atoms with Crippen LogP contribution in [0, 0.1) is 5.92 Å². The molecule has 8 nitrogen and oxygen atoms in total. The van der Waals surface area contributed by atoms with Gasteiger partial charge >= 0.3 is 0 Å². The van der Waals surface area contributed by atoms with Crippen molar-refractivity contribution >= 4 is 27.5 Å². The second-order valence-corrected chi connectivity index (χ2v) is 9.06. The van der Waals surface area contributed by atoms with E-state index < -0.39 is 10.0 Å². The molecule has 9 heteroatoms. The highest BCUT2D eigenvalue weighted by atomic mass is 32.2. The standard InChI is InChI=1S/C19H27N3O5S/c1-2-3-8-21-14-15(13-18(21)23)19(24)20-16-4-6-17(7-5-16)28(25,26)22-9-11-27-12-10-22/h4-7,15H,2-3,8-14H2,1H3,(H,20,24)/t15-/m1/s1. The summed E-state index contributed by atoms with van der Waals surface area (Å²) in [5, 5.41) is 2.79. The molecule has 154 valence electrons. The van der Waals surface area contributed by atoms with Crippen molar-refractivity contribution < 1.29 is 22.7 Å².